The van der Waals surface area contributed by atoms with Gasteiger partial charge < -0.3 is 19.7 Å². The Labute approximate surface area is 135 Å². The van der Waals surface area contributed by atoms with Gasteiger partial charge in [0.25, 0.3) is 0 Å². The molecule has 1 aromatic carbocycles. The van der Waals surface area contributed by atoms with Crippen molar-refractivity contribution in [3.05, 3.63) is 42.1 Å². The third-order valence-corrected chi connectivity index (χ3v) is 4.40. The van der Waals surface area contributed by atoms with Crippen LogP contribution in [0.2, 0.25) is 0 Å². The number of para-hydroxylation sites is 1. The molecule has 6 heteroatoms. The summed E-state index contributed by atoms with van der Waals surface area (Å²) in [5.41, 5.74) is 1.14. The van der Waals surface area contributed by atoms with Crippen molar-refractivity contribution in [2.75, 3.05) is 24.8 Å². The highest BCUT2D eigenvalue weighted by atomic mass is 16.7. The molecule has 0 aliphatic carbocycles. The predicted octanol–water partition coefficient (Wildman–Crippen LogP) is 1.96. The summed E-state index contributed by atoms with van der Waals surface area (Å²) in [6, 6.07) is 10.5. The van der Waals surface area contributed by atoms with Crippen LogP contribution >= 0.6 is 0 Å². The molecule has 0 bridgehead atoms. The average Bonchev–Trinajstić information content (AvgIpc) is 3.25. The Bertz CT molecular complexity index is 665. The van der Waals surface area contributed by atoms with Crippen molar-refractivity contribution >= 4 is 5.82 Å². The molecule has 0 amide bonds. The maximum absolute atomic E-state index is 5.55. The number of ether oxygens (including phenoxy) is 2. The molecular formula is C17H20N4O2. The van der Waals surface area contributed by atoms with E-state index in [-0.39, 0.29) is 0 Å². The first kappa shape index (κ1) is 14.3. The highest BCUT2D eigenvalue weighted by molar-refractivity contribution is 5.48. The van der Waals surface area contributed by atoms with Crippen LogP contribution in [0.5, 0.6) is 11.5 Å². The number of nitrogens with zero attached hydrogens (tertiary/aromatic N) is 3. The highest BCUT2D eigenvalue weighted by Crippen LogP contribution is 2.35. The third kappa shape index (κ3) is 2.94. The van der Waals surface area contributed by atoms with Crippen LogP contribution < -0.4 is 19.7 Å². The largest absolute Gasteiger partial charge is 0.454 e. The number of benzene rings is 1. The molecule has 1 saturated heterocycles. The third-order valence-electron chi connectivity index (χ3n) is 4.40. The van der Waals surface area contributed by atoms with Gasteiger partial charge in [-0.3, -0.25) is 0 Å². The molecule has 3 heterocycles. The summed E-state index contributed by atoms with van der Waals surface area (Å²) in [6.07, 6.45) is 4.08. The van der Waals surface area contributed by atoms with Gasteiger partial charge in [0, 0.05) is 37.4 Å². The van der Waals surface area contributed by atoms with Gasteiger partial charge in [0.2, 0.25) is 6.79 Å². The minimum atomic E-state index is 0.315. The second kappa shape index (κ2) is 6.42. The molecule has 0 saturated carbocycles. The van der Waals surface area contributed by atoms with Crippen LogP contribution in [0.15, 0.2) is 36.5 Å². The lowest BCUT2D eigenvalue weighted by atomic mass is 10.1. The molecule has 120 valence electrons. The molecule has 0 spiro atoms. The quantitative estimate of drug-likeness (QED) is 0.911. The summed E-state index contributed by atoms with van der Waals surface area (Å²) >= 11 is 0. The fraction of sp³-hybridized carbons (Fsp3) is 0.412. The molecule has 4 rings (SSSR count). The molecule has 1 N–H and O–H groups in total. The summed E-state index contributed by atoms with van der Waals surface area (Å²) < 4.78 is 11.0. The zero-order valence-corrected chi connectivity index (χ0v) is 12.9. The number of rotatable bonds is 5. The van der Waals surface area contributed by atoms with E-state index in [1.807, 2.05) is 24.3 Å². The first-order valence-corrected chi connectivity index (χ1v) is 8.04. The normalized spacial score (nSPS) is 19.3. The minimum Gasteiger partial charge on any atom is -0.454 e. The average molecular weight is 312 g/mol. The maximum Gasteiger partial charge on any atom is 0.231 e. The number of hydrogen-bond donors (Lipinski definition) is 1. The van der Waals surface area contributed by atoms with Gasteiger partial charge in [-0.15, -0.1) is 5.10 Å². The van der Waals surface area contributed by atoms with E-state index in [1.54, 1.807) is 6.20 Å². The van der Waals surface area contributed by atoms with E-state index in [0.29, 0.717) is 12.8 Å². The van der Waals surface area contributed by atoms with Crippen LogP contribution in [0.1, 0.15) is 18.4 Å². The molecule has 2 aromatic rings. The first-order valence-electron chi connectivity index (χ1n) is 8.04. The van der Waals surface area contributed by atoms with Gasteiger partial charge in [-0.25, -0.2) is 0 Å². The summed E-state index contributed by atoms with van der Waals surface area (Å²) in [7, 11) is 0. The van der Waals surface area contributed by atoms with Crippen molar-refractivity contribution < 1.29 is 9.47 Å². The second-order valence-electron chi connectivity index (χ2n) is 5.85. The summed E-state index contributed by atoms with van der Waals surface area (Å²) in [5, 5.41) is 11.8. The zero-order chi connectivity index (χ0) is 15.5. The first-order chi connectivity index (χ1) is 11.4. The lowest BCUT2D eigenvalue weighted by Gasteiger charge is -2.25. The van der Waals surface area contributed by atoms with Crippen LogP contribution in [0.25, 0.3) is 0 Å². The molecule has 0 unspecified atom stereocenters. The minimum absolute atomic E-state index is 0.315. The molecule has 1 fully saturated rings. The van der Waals surface area contributed by atoms with Gasteiger partial charge in [-0.05, 0) is 31.0 Å². The predicted molar refractivity (Wildman–Crippen MR) is 86.7 cm³/mol. The number of aromatic nitrogens is 2. The molecule has 2 aliphatic rings. The van der Waals surface area contributed by atoms with Gasteiger partial charge in [0.05, 0.1) is 0 Å². The maximum atomic E-state index is 5.55. The Kier molecular flexibility index (Phi) is 3.98. The second-order valence-corrected chi connectivity index (χ2v) is 5.85. The topological polar surface area (TPSA) is 59.5 Å². The van der Waals surface area contributed by atoms with Crippen molar-refractivity contribution in [3.8, 4) is 11.5 Å². The number of fused-ring (bicyclic) bond motifs is 1. The van der Waals surface area contributed by atoms with Crippen molar-refractivity contribution in [1.29, 1.82) is 0 Å². The van der Waals surface area contributed by atoms with Gasteiger partial charge in [0.15, 0.2) is 17.3 Å². The van der Waals surface area contributed by atoms with Crippen molar-refractivity contribution in [1.82, 2.24) is 15.5 Å². The Hall–Kier alpha value is -2.34. The van der Waals surface area contributed by atoms with E-state index >= 15 is 0 Å². The van der Waals surface area contributed by atoms with Gasteiger partial charge in [-0.1, -0.05) is 12.1 Å². The standard InChI is InChI=1S/C17H20N4O2/c1-4-13(17-15(6-1)22-12-23-17)10-18-11-14-5-3-9-21(14)16-7-2-8-19-20-16/h1-2,4,6-8,14,18H,3,5,9-12H2/t14-/m1/s1. The van der Waals surface area contributed by atoms with Gasteiger partial charge in [-0.2, -0.15) is 5.10 Å². The van der Waals surface area contributed by atoms with Crippen LogP contribution in [0.4, 0.5) is 5.82 Å². The van der Waals surface area contributed by atoms with Crippen molar-refractivity contribution in [3.63, 3.8) is 0 Å². The summed E-state index contributed by atoms with van der Waals surface area (Å²) in [4.78, 5) is 2.34. The zero-order valence-electron chi connectivity index (χ0n) is 12.9. The van der Waals surface area contributed by atoms with E-state index in [9.17, 15) is 0 Å². The fourth-order valence-electron chi connectivity index (χ4n) is 3.30. The molecule has 1 aromatic heterocycles. The van der Waals surface area contributed by atoms with Gasteiger partial charge in [0.1, 0.15) is 0 Å². The lowest BCUT2D eigenvalue weighted by Crippen LogP contribution is -2.38. The fourth-order valence-corrected chi connectivity index (χ4v) is 3.30. The molecule has 6 nitrogen and oxygen atoms in total. The molecule has 1 atom stereocenters. The molecule has 0 radical (unpaired) electrons. The van der Waals surface area contributed by atoms with Crippen LogP contribution in [0.3, 0.4) is 0 Å². The van der Waals surface area contributed by atoms with E-state index < -0.39 is 0 Å². The summed E-state index contributed by atoms with van der Waals surface area (Å²) in [6.45, 7) is 3.05. The molecule has 2 aliphatic heterocycles. The number of nitrogens with one attached hydrogen (secondary N) is 1. The van der Waals surface area contributed by atoms with Crippen molar-refractivity contribution in [2.24, 2.45) is 0 Å². The van der Waals surface area contributed by atoms with Crippen LogP contribution in [0, 0.1) is 0 Å². The van der Waals surface area contributed by atoms with E-state index in [4.69, 9.17) is 9.47 Å². The number of hydrogen-bond acceptors (Lipinski definition) is 6. The van der Waals surface area contributed by atoms with E-state index in [2.05, 4.69) is 26.5 Å². The molecule has 23 heavy (non-hydrogen) atoms. The highest BCUT2D eigenvalue weighted by Gasteiger charge is 2.25. The summed E-state index contributed by atoms with van der Waals surface area (Å²) in [5.74, 6) is 2.68. The monoisotopic (exact) mass is 312 g/mol. The number of anilines is 1. The Morgan fingerprint density at radius 3 is 3.13 bits per heavy atom. The Morgan fingerprint density at radius 2 is 2.22 bits per heavy atom. The Morgan fingerprint density at radius 1 is 1.22 bits per heavy atom. The van der Waals surface area contributed by atoms with E-state index in [0.717, 1.165) is 42.5 Å². The van der Waals surface area contributed by atoms with Gasteiger partial charge >= 0.3 is 0 Å². The van der Waals surface area contributed by atoms with Crippen LogP contribution in [-0.4, -0.2) is 36.1 Å². The smallest absolute Gasteiger partial charge is 0.231 e. The lowest BCUT2D eigenvalue weighted by molar-refractivity contribution is 0.173. The Balaban J connectivity index is 1.37. The van der Waals surface area contributed by atoms with Crippen molar-refractivity contribution in [2.45, 2.75) is 25.4 Å². The molecular weight excluding hydrogens is 292 g/mol. The van der Waals surface area contributed by atoms with E-state index in [1.165, 1.54) is 12.8 Å². The van der Waals surface area contributed by atoms with Crippen LogP contribution in [-0.2, 0) is 6.54 Å². The SMILES string of the molecule is c1cnnc(N2CCC[C@@H]2CNCc2cccc3c2OCO3)c1.